The summed E-state index contributed by atoms with van der Waals surface area (Å²) in [6, 6.07) is 3.39. The molecule has 3 N–H and O–H groups in total. The Hall–Kier alpha value is -1.89. The topological polar surface area (TPSA) is 97.3 Å². The molecule has 0 unspecified atom stereocenters. The zero-order chi connectivity index (χ0) is 11.7. The minimum Gasteiger partial charge on any atom is -0.378 e. The third kappa shape index (κ3) is 1.76. The van der Waals surface area contributed by atoms with Gasteiger partial charge in [0, 0.05) is 26.2 Å². The molecule has 1 aromatic rings. The van der Waals surface area contributed by atoms with Gasteiger partial charge in [0.05, 0.1) is 11.0 Å². The molecule has 0 saturated carbocycles. The highest BCUT2D eigenvalue weighted by Crippen LogP contribution is 2.23. The average Bonchev–Trinajstić information content (AvgIpc) is 2.14. The highest BCUT2D eigenvalue weighted by Gasteiger charge is 2.23. The maximum Gasteiger partial charge on any atom is 0.311 e. The fourth-order valence-electron chi connectivity index (χ4n) is 1.54. The van der Waals surface area contributed by atoms with Gasteiger partial charge in [0.1, 0.15) is 5.82 Å². The minimum atomic E-state index is -0.531. The molecule has 0 radical (unpaired) electrons. The molecule has 1 aromatic heterocycles. The van der Waals surface area contributed by atoms with Crippen molar-refractivity contribution in [1.82, 2.24) is 10.3 Å². The number of nitrogens with two attached hydrogens (primary N) is 1. The van der Waals surface area contributed by atoms with E-state index in [4.69, 9.17) is 5.73 Å². The molecule has 1 aliphatic heterocycles. The number of pyridine rings is 1. The lowest BCUT2D eigenvalue weighted by Crippen LogP contribution is -2.56. The number of anilines is 2. The van der Waals surface area contributed by atoms with Crippen molar-refractivity contribution in [2.75, 3.05) is 30.8 Å². The van der Waals surface area contributed by atoms with Crippen molar-refractivity contribution in [3.05, 3.63) is 22.2 Å². The molecular formula is C9H13N5O2. The van der Waals surface area contributed by atoms with Gasteiger partial charge in [-0.15, -0.1) is 0 Å². The second kappa shape index (κ2) is 3.93. The Morgan fingerprint density at radius 1 is 1.62 bits per heavy atom. The SMILES string of the molecule is CN(c1ccc([N+](=O)[O-])c(N)n1)C1CNC1. The largest absolute Gasteiger partial charge is 0.378 e. The van der Waals surface area contributed by atoms with Gasteiger partial charge in [0.25, 0.3) is 0 Å². The predicted molar refractivity (Wildman–Crippen MR) is 60.4 cm³/mol. The van der Waals surface area contributed by atoms with Crippen molar-refractivity contribution in [1.29, 1.82) is 0 Å². The van der Waals surface area contributed by atoms with Crippen LogP contribution in [-0.2, 0) is 0 Å². The van der Waals surface area contributed by atoms with Crippen LogP contribution in [0.1, 0.15) is 0 Å². The lowest BCUT2D eigenvalue weighted by molar-refractivity contribution is -0.384. The van der Waals surface area contributed by atoms with Crippen LogP contribution in [0.25, 0.3) is 0 Å². The predicted octanol–water partition coefficient (Wildman–Crippen LogP) is -0.0200. The Morgan fingerprint density at radius 2 is 2.31 bits per heavy atom. The summed E-state index contributed by atoms with van der Waals surface area (Å²) in [4.78, 5) is 16.0. The quantitative estimate of drug-likeness (QED) is 0.552. The van der Waals surface area contributed by atoms with Gasteiger partial charge in [-0.25, -0.2) is 4.98 Å². The first-order valence-electron chi connectivity index (χ1n) is 4.94. The fraction of sp³-hybridized carbons (Fsp3) is 0.444. The first-order chi connectivity index (χ1) is 7.59. The summed E-state index contributed by atoms with van der Waals surface area (Å²) < 4.78 is 0. The van der Waals surface area contributed by atoms with Crippen molar-refractivity contribution < 1.29 is 4.92 Å². The van der Waals surface area contributed by atoms with E-state index >= 15 is 0 Å². The van der Waals surface area contributed by atoms with E-state index in [0.717, 1.165) is 13.1 Å². The van der Waals surface area contributed by atoms with Crippen molar-refractivity contribution >= 4 is 17.3 Å². The van der Waals surface area contributed by atoms with Gasteiger partial charge in [-0.3, -0.25) is 10.1 Å². The van der Waals surface area contributed by atoms with Crippen LogP contribution in [0.3, 0.4) is 0 Å². The number of hydrogen-bond donors (Lipinski definition) is 2. The van der Waals surface area contributed by atoms with E-state index in [1.54, 1.807) is 6.07 Å². The molecule has 7 nitrogen and oxygen atoms in total. The molecule has 1 fully saturated rings. The van der Waals surface area contributed by atoms with E-state index in [9.17, 15) is 10.1 Å². The molecular weight excluding hydrogens is 210 g/mol. The molecule has 0 aliphatic carbocycles. The molecule has 0 atom stereocenters. The molecule has 86 valence electrons. The normalized spacial score (nSPS) is 15.6. The van der Waals surface area contributed by atoms with E-state index in [1.807, 2.05) is 11.9 Å². The minimum absolute atomic E-state index is 0.0402. The van der Waals surface area contributed by atoms with E-state index in [1.165, 1.54) is 6.07 Å². The summed E-state index contributed by atoms with van der Waals surface area (Å²) in [7, 11) is 1.90. The summed E-state index contributed by atoms with van der Waals surface area (Å²) in [6.07, 6.45) is 0. The molecule has 0 spiro atoms. The Morgan fingerprint density at radius 3 is 2.75 bits per heavy atom. The lowest BCUT2D eigenvalue weighted by atomic mass is 10.1. The summed E-state index contributed by atoms with van der Waals surface area (Å²) in [6.45, 7) is 1.80. The zero-order valence-electron chi connectivity index (χ0n) is 8.88. The molecule has 1 aliphatic rings. The Balaban J connectivity index is 2.22. The molecule has 7 heteroatoms. The van der Waals surface area contributed by atoms with Gasteiger partial charge in [-0.1, -0.05) is 0 Å². The molecule has 16 heavy (non-hydrogen) atoms. The molecule has 0 aromatic carbocycles. The van der Waals surface area contributed by atoms with Crippen LogP contribution in [0.15, 0.2) is 12.1 Å². The monoisotopic (exact) mass is 223 g/mol. The van der Waals surface area contributed by atoms with Crippen molar-refractivity contribution in [2.24, 2.45) is 0 Å². The second-order valence-corrected chi connectivity index (χ2v) is 3.75. The lowest BCUT2D eigenvalue weighted by Gasteiger charge is -2.36. The number of rotatable bonds is 3. The third-order valence-electron chi connectivity index (χ3n) is 2.75. The van der Waals surface area contributed by atoms with Crippen LogP contribution in [0, 0.1) is 10.1 Å². The molecule has 2 rings (SSSR count). The number of hydrogen-bond acceptors (Lipinski definition) is 6. The standard InChI is InChI=1S/C9H13N5O2/c1-13(6-4-11-5-6)8-3-2-7(14(15)16)9(10)12-8/h2-3,6,11H,4-5H2,1H3,(H2,10,12). The van der Waals surface area contributed by atoms with Crippen LogP contribution < -0.4 is 16.0 Å². The Bertz CT molecular complexity index is 418. The van der Waals surface area contributed by atoms with E-state index in [0.29, 0.717) is 11.9 Å². The third-order valence-corrected chi connectivity index (χ3v) is 2.75. The maximum absolute atomic E-state index is 10.6. The molecule has 1 saturated heterocycles. The highest BCUT2D eigenvalue weighted by atomic mass is 16.6. The van der Waals surface area contributed by atoms with E-state index < -0.39 is 4.92 Å². The van der Waals surface area contributed by atoms with Gasteiger partial charge < -0.3 is 16.0 Å². The molecule has 2 heterocycles. The summed E-state index contributed by atoms with van der Waals surface area (Å²) >= 11 is 0. The van der Waals surface area contributed by atoms with Crippen LogP contribution in [-0.4, -0.2) is 36.1 Å². The van der Waals surface area contributed by atoms with Crippen molar-refractivity contribution in [3.63, 3.8) is 0 Å². The number of nitrogens with one attached hydrogen (secondary N) is 1. The highest BCUT2D eigenvalue weighted by molar-refractivity contribution is 5.58. The van der Waals surface area contributed by atoms with Crippen LogP contribution in [0.4, 0.5) is 17.3 Å². The van der Waals surface area contributed by atoms with Gasteiger partial charge >= 0.3 is 5.69 Å². The van der Waals surface area contributed by atoms with E-state index in [-0.39, 0.29) is 11.5 Å². The zero-order valence-corrected chi connectivity index (χ0v) is 8.88. The molecule has 0 bridgehead atoms. The van der Waals surface area contributed by atoms with E-state index in [2.05, 4.69) is 10.3 Å². The van der Waals surface area contributed by atoms with Gasteiger partial charge in [-0.05, 0) is 6.07 Å². The average molecular weight is 223 g/mol. The Kier molecular flexibility index (Phi) is 2.61. The Labute approximate surface area is 92.4 Å². The first kappa shape index (κ1) is 10.6. The summed E-state index contributed by atoms with van der Waals surface area (Å²) in [5, 5.41) is 13.7. The number of nitrogen functional groups attached to an aromatic ring is 1. The number of nitro groups is 1. The maximum atomic E-state index is 10.6. The van der Waals surface area contributed by atoms with Gasteiger partial charge in [0.2, 0.25) is 5.82 Å². The summed E-state index contributed by atoms with van der Waals surface area (Å²) in [5.74, 6) is 0.622. The van der Waals surface area contributed by atoms with Crippen molar-refractivity contribution in [3.8, 4) is 0 Å². The van der Waals surface area contributed by atoms with Gasteiger partial charge in [-0.2, -0.15) is 0 Å². The number of aromatic nitrogens is 1. The van der Waals surface area contributed by atoms with Crippen LogP contribution >= 0.6 is 0 Å². The fourth-order valence-corrected chi connectivity index (χ4v) is 1.54. The first-order valence-corrected chi connectivity index (χ1v) is 4.94. The second-order valence-electron chi connectivity index (χ2n) is 3.75. The van der Waals surface area contributed by atoms with Crippen LogP contribution in [0.2, 0.25) is 0 Å². The molecule has 0 amide bonds. The van der Waals surface area contributed by atoms with Crippen molar-refractivity contribution in [2.45, 2.75) is 6.04 Å². The van der Waals surface area contributed by atoms with Crippen LogP contribution in [0.5, 0.6) is 0 Å². The number of likely N-dealkylation sites (N-methyl/N-ethyl adjacent to an activating group) is 1. The summed E-state index contributed by atoms with van der Waals surface area (Å²) in [5.41, 5.74) is 5.38. The smallest absolute Gasteiger partial charge is 0.311 e. The number of nitrogens with zero attached hydrogens (tertiary/aromatic N) is 3. The van der Waals surface area contributed by atoms with Gasteiger partial charge in [0.15, 0.2) is 0 Å².